The number of amides is 2. The zero-order valence-corrected chi connectivity index (χ0v) is 16.1. The average Bonchev–Trinajstić information content (AvgIpc) is 2.98. The number of halogens is 1. The molecule has 6 nitrogen and oxygen atoms in total. The number of hydrogen-bond acceptors (Lipinski definition) is 5. The highest BCUT2D eigenvalue weighted by Crippen LogP contribution is 2.24. The minimum Gasteiger partial charge on any atom is -0.326 e. The summed E-state index contributed by atoms with van der Waals surface area (Å²) in [6, 6.07) is 14.8. The van der Waals surface area contributed by atoms with E-state index >= 15 is 0 Å². The number of amidine groups is 1. The summed E-state index contributed by atoms with van der Waals surface area (Å²) in [6.45, 7) is 1.88. The molecular weight excluding hydrogens is 384 g/mol. The molecule has 1 saturated heterocycles. The summed E-state index contributed by atoms with van der Waals surface area (Å²) in [4.78, 5) is 24.2. The molecule has 2 aromatic rings. The van der Waals surface area contributed by atoms with Gasteiger partial charge in [0.2, 0.25) is 11.8 Å². The Morgan fingerprint density at radius 2 is 2.07 bits per heavy atom. The molecule has 0 spiro atoms. The molecule has 27 heavy (non-hydrogen) atoms. The summed E-state index contributed by atoms with van der Waals surface area (Å²) in [7, 11) is 0. The van der Waals surface area contributed by atoms with Gasteiger partial charge < -0.3 is 10.6 Å². The van der Waals surface area contributed by atoms with Crippen molar-refractivity contribution in [1.29, 1.82) is 0 Å². The van der Waals surface area contributed by atoms with Crippen molar-refractivity contribution in [3.63, 3.8) is 0 Å². The first-order valence-corrected chi connectivity index (χ1v) is 9.46. The predicted molar refractivity (Wildman–Crippen MR) is 110 cm³/mol. The van der Waals surface area contributed by atoms with Crippen molar-refractivity contribution in [3.05, 3.63) is 64.7 Å². The van der Waals surface area contributed by atoms with E-state index in [9.17, 15) is 9.59 Å². The van der Waals surface area contributed by atoms with Gasteiger partial charge in [0.15, 0.2) is 5.17 Å². The van der Waals surface area contributed by atoms with Crippen LogP contribution in [0.2, 0.25) is 5.02 Å². The van der Waals surface area contributed by atoms with Crippen LogP contribution in [0.3, 0.4) is 0 Å². The summed E-state index contributed by atoms with van der Waals surface area (Å²) >= 11 is 7.24. The molecule has 8 heteroatoms. The second-order valence-corrected chi connectivity index (χ2v) is 7.47. The molecule has 2 amide bonds. The van der Waals surface area contributed by atoms with E-state index < -0.39 is 5.25 Å². The SMILES string of the molecule is Cc1ccc(NC(=O)CC2S/C(=N/N=C/c3ccccc3)NC2=O)cc1Cl. The highest BCUT2D eigenvalue weighted by Gasteiger charge is 2.32. The van der Waals surface area contributed by atoms with E-state index in [0.717, 1.165) is 11.1 Å². The van der Waals surface area contributed by atoms with Crippen LogP contribution in [-0.4, -0.2) is 28.4 Å². The number of nitrogens with zero attached hydrogens (tertiary/aromatic N) is 2. The topological polar surface area (TPSA) is 82.9 Å². The Bertz CT molecular complexity index is 915. The number of carbonyl (C=O) groups excluding carboxylic acids is 2. The molecule has 1 aliphatic heterocycles. The number of nitrogens with one attached hydrogen (secondary N) is 2. The van der Waals surface area contributed by atoms with Crippen LogP contribution >= 0.6 is 23.4 Å². The summed E-state index contributed by atoms with van der Waals surface area (Å²) in [6.07, 6.45) is 1.63. The van der Waals surface area contributed by atoms with Crippen LogP contribution in [0.25, 0.3) is 0 Å². The van der Waals surface area contributed by atoms with E-state index in [4.69, 9.17) is 11.6 Å². The minimum absolute atomic E-state index is 0.0312. The average molecular weight is 401 g/mol. The van der Waals surface area contributed by atoms with Gasteiger partial charge in [0.1, 0.15) is 5.25 Å². The van der Waals surface area contributed by atoms with Crippen LogP contribution in [0, 0.1) is 6.92 Å². The van der Waals surface area contributed by atoms with Crippen molar-refractivity contribution in [3.8, 4) is 0 Å². The standard InChI is InChI=1S/C19H17ClN4O2S/c1-12-7-8-14(9-15(12)20)22-17(25)10-16-18(26)23-19(27-16)24-21-11-13-5-3-2-4-6-13/h2-9,11,16H,10H2,1H3,(H,22,25)(H,23,24,26)/b21-11+. The van der Waals surface area contributed by atoms with Gasteiger partial charge in [-0.25, -0.2) is 0 Å². The fourth-order valence-corrected chi connectivity index (χ4v) is 3.43. The number of rotatable bonds is 5. The van der Waals surface area contributed by atoms with Crippen molar-refractivity contribution < 1.29 is 9.59 Å². The number of anilines is 1. The van der Waals surface area contributed by atoms with Gasteiger partial charge in [0.05, 0.1) is 6.21 Å². The lowest BCUT2D eigenvalue weighted by Crippen LogP contribution is -2.28. The van der Waals surface area contributed by atoms with Gasteiger partial charge in [-0.15, -0.1) is 5.10 Å². The quantitative estimate of drug-likeness (QED) is 0.594. The van der Waals surface area contributed by atoms with Crippen LogP contribution < -0.4 is 10.6 Å². The third-order valence-electron chi connectivity index (χ3n) is 3.76. The van der Waals surface area contributed by atoms with Gasteiger partial charge in [-0.2, -0.15) is 5.10 Å². The van der Waals surface area contributed by atoms with E-state index in [1.807, 2.05) is 43.3 Å². The Labute approximate surface area is 166 Å². The van der Waals surface area contributed by atoms with Crippen molar-refractivity contribution in [2.75, 3.05) is 5.32 Å². The molecule has 2 N–H and O–H groups in total. The number of thioether (sulfide) groups is 1. The van der Waals surface area contributed by atoms with Crippen molar-refractivity contribution >= 4 is 52.2 Å². The van der Waals surface area contributed by atoms with E-state index in [2.05, 4.69) is 20.8 Å². The van der Waals surface area contributed by atoms with Gasteiger partial charge in [-0.3, -0.25) is 9.59 Å². The Kier molecular flexibility index (Phi) is 6.26. The van der Waals surface area contributed by atoms with Crippen molar-refractivity contribution in [1.82, 2.24) is 5.32 Å². The van der Waals surface area contributed by atoms with Gasteiger partial charge >= 0.3 is 0 Å². The maximum atomic E-state index is 12.2. The zero-order valence-electron chi connectivity index (χ0n) is 14.5. The molecule has 0 saturated carbocycles. The second-order valence-electron chi connectivity index (χ2n) is 5.87. The third-order valence-corrected chi connectivity index (χ3v) is 5.24. The summed E-state index contributed by atoms with van der Waals surface area (Å²) in [5.41, 5.74) is 2.43. The Morgan fingerprint density at radius 1 is 1.30 bits per heavy atom. The molecule has 0 radical (unpaired) electrons. The first-order valence-electron chi connectivity index (χ1n) is 8.21. The third kappa shape index (κ3) is 5.42. The number of aryl methyl sites for hydroxylation is 1. The van der Waals surface area contributed by atoms with Crippen LogP contribution in [0.1, 0.15) is 17.5 Å². The molecule has 1 unspecified atom stereocenters. The molecule has 0 aliphatic carbocycles. The Hall–Kier alpha value is -2.64. The number of hydrogen-bond donors (Lipinski definition) is 2. The molecule has 1 aliphatic rings. The van der Waals surface area contributed by atoms with Crippen LogP contribution in [0.15, 0.2) is 58.7 Å². The highest BCUT2D eigenvalue weighted by molar-refractivity contribution is 8.15. The lowest BCUT2D eigenvalue weighted by molar-refractivity contribution is -0.122. The molecule has 1 fully saturated rings. The predicted octanol–water partition coefficient (Wildman–Crippen LogP) is 3.60. The smallest absolute Gasteiger partial charge is 0.240 e. The molecule has 0 aromatic heterocycles. The summed E-state index contributed by atoms with van der Waals surface area (Å²) in [5.74, 6) is -0.526. The minimum atomic E-state index is -0.545. The van der Waals surface area contributed by atoms with E-state index in [-0.39, 0.29) is 18.2 Å². The van der Waals surface area contributed by atoms with Gasteiger partial charge in [-0.1, -0.05) is 59.8 Å². The fourth-order valence-electron chi connectivity index (χ4n) is 2.32. The molecule has 1 heterocycles. The van der Waals surface area contributed by atoms with Gasteiger partial charge in [-0.05, 0) is 30.2 Å². The van der Waals surface area contributed by atoms with Crippen molar-refractivity contribution in [2.24, 2.45) is 10.2 Å². The van der Waals surface area contributed by atoms with E-state index in [1.165, 1.54) is 11.8 Å². The van der Waals surface area contributed by atoms with E-state index in [1.54, 1.807) is 18.3 Å². The van der Waals surface area contributed by atoms with Crippen LogP contribution in [0.4, 0.5) is 5.69 Å². The summed E-state index contributed by atoms with van der Waals surface area (Å²) < 4.78 is 0. The maximum absolute atomic E-state index is 12.2. The first kappa shape index (κ1) is 19.1. The highest BCUT2D eigenvalue weighted by atomic mass is 35.5. The molecule has 2 aromatic carbocycles. The fraction of sp³-hybridized carbons (Fsp3) is 0.158. The number of carbonyl (C=O) groups is 2. The molecule has 138 valence electrons. The molecule has 3 rings (SSSR count). The van der Waals surface area contributed by atoms with Gasteiger partial charge in [0.25, 0.3) is 0 Å². The monoisotopic (exact) mass is 400 g/mol. The Balaban J connectivity index is 1.55. The lowest BCUT2D eigenvalue weighted by Gasteiger charge is -2.08. The number of benzene rings is 2. The maximum Gasteiger partial charge on any atom is 0.240 e. The second kappa shape index (κ2) is 8.83. The summed E-state index contributed by atoms with van der Waals surface area (Å²) in [5, 5.41) is 13.8. The lowest BCUT2D eigenvalue weighted by atomic mass is 10.2. The first-order chi connectivity index (χ1) is 13.0. The largest absolute Gasteiger partial charge is 0.326 e. The van der Waals surface area contributed by atoms with Crippen molar-refractivity contribution in [2.45, 2.75) is 18.6 Å². The van der Waals surface area contributed by atoms with Crippen LogP contribution in [0.5, 0.6) is 0 Å². The zero-order chi connectivity index (χ0) is 19.2. The normalized spacial score (nSPS) is 18.1. The van der Waals surface area contributed by atoms with E-state index in [0.29, 0.717) is 15.9 Å². The molecule has 0 bridgehead atoms. The molecule has 1 atom stereocenters. The molecular formula is C19H17ClN4O2S. The Morgan fingerprint density at radius 3 is 2.81 bits per heavy atom. The van der Waals surface area contributed by atoms with Gasteiger partial charge in [0, 0.05) is 17.1 Å². The van der Waals surface area contributed by atoms with Crippen LogP contribution in [-0.2, 0) is 9.59 Å².